The van der Waals surface area contributed by atoms with Crippen LogP contribution in [0.4, 0.5) is 0 Å². The van der Waals surface area contributed by atoms with Crippen molar-refractivity contribution < 1.29 is 0 Å². The lowest BCUT2D eigenvalue weighted by Gasteiger charge is -2.15. The quantitative estimate of drug-likeness (QED) is 0.752. The van der Waals surface area contributed by atoms with Gasteiger partial charge < -0.3 is 4.57 Å². The largest absolute Gasteiger partial charge is 0.341 e. The number of fused-ring (bicyclic) bond motifs is 1. The van der Waals surface area contributed by atoms with Crippen LogP contribution in [0.2, 0.25) is 0 Å². The predicted octanol–water partition coefficient (Wildman–Crippen LogP) is 4.78. The maximum atomic E-state index is 2.49. The fourth-order valence-corrected chi connectivity index (χ4v) is 3.06. The third-order valence-electron chi connectivity index (χ3n) is 3.11. The Balaban J connectivity index is 2.59. The molecular weight excluding hydrogens is 226 g/mol. The van der Waals surface area contributed by atoms with E-state index in [1.54, 1.807) is 0 Å². The summed E-state index contributed by atoms with van der Waals surface area (Å²) in [5.74, 6) is 2.29. The second kappa shape index (κ2) is 5.18. The number of rotatable bonds is 4. The number of aromatic nitrogens is 1. The highest BCUT2D eigenvalue weighted by Gasteiger charge is 2.12. The van der Waals surface area contributed by atoms with E-state index in [2.05, 4.69) is 56.5 Å². The molecule has 1 nitrogen and oxygen atoms in total. The Morgan fingerprint density at radius 1 is 1.29 bits per heavy atom. The van der Waals surface area contributed by atoms with Crippen LogP contribution in [-0.2, 0) is 5.75 Å². The van der Waals surface area contributed by atoms with Crippen molar-refractivity contribution in [3.05, 3.63) is 35.5 Å². The Morgan fingerprint density at radius 3 is 2.71 bits per heavy atom. The third-order valence-corrected chi connectivity index (χ3v) is 4.02. The van der Waals surface area contributed by atoms with Gasteiger partial charge >= 0.3 is 0 Å². The van der Waals surface area contributed by atoms with E-state index in [4.69, 9.17) is 0 Å². The molecule has 0 atom stereocenters. The minimum atomic E-state index is 0.529. The van der Waals surface area contributed by atoms with E-state index in [1.807, 2.05) is 11.8 Å². The van der Waals surface area contributed by atoms with E-state index in [-0.39, 0.29) is 0 Å². The standard InChI is InChI=1S/C15H21NS/c1-5-17-10-14-9-13-8-6-7-12(4)15(13)16(14)11(2)3/h6-9,11H,5,10H2,1-4H3. The smallest absolute Gasteiger partial charge is 0.0514 e. The van der Waals surface area contributed by atoms with Crippen molar-refractivity contribution in [1.82, 2.24) is 4.57 Å². The Bertz CT molecular complexity index is 511. The molecule has 2 rings (SSSR count). The highest BCUT2D eigenvalue weighted by Crippen LogP contribution is 2.28. The first kappa shape index (κ1) is 12.6. The van der Waals surface area contributed by atoms with E-state index in [9.17, 15) is 0 Å². The van der Waals surface area contributed by atoms with E-state index < -0.39 is 0 Å². The molecule has 0 unspecified atom stereocenters. The number of thioether (sulfide) groups is 1. The lowest BCUT2D eigenvalue weighted by molar-refractivity contribution is 0.605. The molecule has 0 bridgehead atoms. The minimum Gasteiger partial charge on any atom is -0.341 e. The molecule has 1 heterocycles. The van der Waals surface area contributed by atoms with Crippen LogP contribution < -0.4 is 0 Å². The minimum absolute atomic E-state index is 0.529. The van der Waals surface area contributed by atoms with Gasteiger partial charge in [-0.3, -0.25) is 0 Å². The van der Waals surface area contributed by atoms with Gasteiger partial charge in [-0.15, -0.1) is 0 Å². The van der Waals surface area contributed by atoms with Crippen molar-refractivity contribution in [1.29, 1.82) is 0 Å². The molecule has 0 spiro atoms. The van der Waals surface area contributed by atoms with E-state index in [0.29, 0.717) is 6.04 Å². The molecule has 0 radical (unpaired) electrons. The first-order chi connectivity index (χ1) is 8.15. The van der Waals surface area contributed by atoms with Crippen LogP contribution in [0.3, 0.4) is 0 Å². The van der Waals surface area contributed by atoms with E-state index >= 15 is 0 Å². The van der Waals surface area contributed by atoms with Gasteiger partial charge in [0, 0.05) is 22.9 Å². The van der Waals surface area contributed by atoms with Gasteiger partial charge in [0.15, 0.2) is 0 Å². The monoisotopic (exact) mass is 247 g/mol. The van der Waals surface area contributed by atoms with Crippen molar-refractivity contribution in [3.8, 4) is 0 Å². The number of para-hydroxylation sites is 1. The Morgan fingerprint density at radius 2 is 2.06 bits per heavy atom. The Kier molecular flexibility index (Phi) is 3.82. The molecule has 1 aromatic heterocycles. The van der Waals surface area contributed by atoms with Crippen LogP contribution in [0.15, 0.2) is 24.3 Å². The van der Waals surface area contributed by atoms with Crippen LogP contribution >= 0.6 is 11.8 Å². The highest BCUT2D eigenvalue weighted by molar-refractivity contribution is 7.98. The molecule has 0 saturated carbocycles. The summed E-state index contributed by atoms with van der Waals surface area (Å²) in [6, 6.07) is 9.46. The summed E-state index contributed by atoms with van der Waals surface area (Å²) in [5, 5.41) is 1.38. The van der Waals surface area contributed by atoms with E-state index in [1.165, 1.54) is 27.9 Å². The molecule has 2 aromatic rings. The molecule has 17 heavy (non-hydrogen) atoms. The van der Waals surface area contributed by atoms with Gasteiger partial charge in [-0.2, -0.15) is 11.8 Å². The van der Waals surface area contributed by atoms with Gasteiger partial charge in [-0.25, -0.2) is 0 Å². The summed E-state index contributed by atoms with van der Waals surface area (Å²) in [5.41, 5.74) is 4.24. The average Bonchev–Trinajstić information content (AvgIpc) is 2.66. The molecule has 0 aliphatic heterocycles. The van der Waals surface area contributed by atoms with Gasteiger partial charge in [0.25, 0.3) is 0 Å². The molecule has 92 valence electrons. The van der Waals surface area contributed by atoms with Crippen LogP contribution in [0.1, 0.15) is 38.1 Å². The number of nitrogens with zero attached hydrogens (tertiary/aromatic N) is 1. The maximum absolute atomic E-state index is 2.49. The Labute approximate surface area is 108 Å². The van der Waals surface area contributed by atoms with Crippen molar-refractivity contribution in [2.24, 2.45) is 0 Å². The fourth-order valence-electron chi connectivity index (χ4n) is 2.43. The molecule has 0 aliphatic rings. The molecule has 0 saturated heterocycles. The zero-order valence-electron chi connectivity index (χ0n) is 11.2. The van der Waals surface area contributed by atoms with Crippen LogP contribution in [0.5, 0.6) is 0 Å². The van der Waals surface area contributed by atoms with Crippen LogP contribution in [-0.4, -0.2) is 10.3 Å². The number of benzene rings is 1. The molecule has 0 N–H and O–H groups in total. The van der Waals surface area contributed by atoms with Crippen molar-refractivity contribution >= 4 is 22.7 Å². The van der Waals surface area contributed by atoms with Gasteiger partial charge in [0.05, 0.1) is 5.52 Å². The lowest BCUT2D eigenvalue weighted by Crippen LogP contribution is -2.05. The van der Waals surface area contributed by atoms with Crippen LogP contribution in [0, 0.1) is 6.92 Å². The summed E-state index contributed by atoms with van der Waals surface area (Å²) in [4.78, 5) is 0. The Hall–Kier alpha value is -0.890. The van der Waals surface area contributed by atoms with Gasteiger partial charge in [-0.1, -0.05) is 25.1 Å². The fraction of sp³-hybridized carbons (Fsp3) is 0.467. The molecule has 1 aromatic carbocycles. The number of hydrogen-bond acceptors (Lipinski definition) is 1. The first-order valence-electron chi connectivity index (χ1n) is 6.32. The second-order valence-electron chi connectivity index (χ2n) is 4.75. The number of aryl methyl sites for hydroxylation is 1. The average molecular weight is 247 g/mol. The zero-order chi connectivity index (χ0) is 12.4. The maximum Gasteiger partial charge on any atom is 0.0514 e. The molecule has 0 aliphatic carbocycles. The van der Waals surface area contributed by atoms with Crippen LogP contribution in [0.25, 0.3) is 10.9 Å². The van der Waals surface area contributed by atoms with Gasteiger partial charge in [0.2, 0.25) is 0 Å². The molecule has 0 amide bonds. The van der Waals surface area contributed by atoms with E-state index in [0.717, 1.165) is 5.75 Å². The summed E-state index contributed by atoms with van der Waals surface area (Å²) in [6.07, 6.45) is 0. The molecular formula is C15H21NS. The normalized spacial score (nSPS) is 11.6. The third kappa shape index (κ3) is 2.37. The molecule has 2 heteroatoms. The van der Waals surface area contributed by atoms with Crippen molar-refractivity contribution in [3.63, 3.8) is 0 Å². The predicted molar refractivity (Wildman–Crippen MR) is 78.9 cm³/mol. The molecule has 0 fully saturated rings. The van der Waals surface area contributed by atoms with Gasteiger partial charge in [-0.05, 0) is 38.2 Å². The SMILES string of the molecule is CCSCc1cc2cccc(C)c2n1C(C)C. The zero-order valence-corrected chi connectivity index (χ0v) is 12.0. The number of hydrogen-bond donors (Lipinski definition) is 0. The second-order valence-corrected chi connectivity index (χ2v) is 6.02. The highest BCUT2D eigenvalue weighted by atomic mass is 32.2. The topological polar surface area (TPSA) is 4.93 Å². The van der Waals surface area contributed by atoms with Crippen molar-refractivity contribution in [2.75, 3.05) is 5.75 Å². The summed E-state index contributed by atoms with van der Waals surface area (Å²) >= 11 is 1.99. The summed E-state index contributed by atoms with van der Waals surface area (Å²) in [6.45, 7) is 8.97. The van der Waals surface area contributed by atoms with Crippen molar-refractivity contribution in [2.45, 2.75) is 39.5 Å². The van der Waals surface area contributed by atoms with Gasteiger partial charge in [0.1, 0.15) is 0 Å². The summed E-state index contributed by atoms with van der Waals surface area (Å²) < 4.78 is 2.49. The summed E-state index contributed by atoms with van der Waals surface area (Å²) in [7, 11) is 0. The first-order valence-corrected chi connectivity index (χ1v) is 7.47. The lowest BCUT2D eigenvalue weighted by atomic mass is 10.1.